The highest BCUT2D eigenvalue weighted by molar-refractivity contribution is 5.76. The molecule has 0 bridgehead atoms. The Morgan fingerprint density at radius 1 is 0.860 bits per heavy atom. The number of carbonyl (C=O) groups is 1. The second-order valence-electron chi connectivity index (χ2n) is 18.3. The second kappa shape index (κ2) is 10.0. The highest BCUT2D eigenvalue weighted by Crippen LogP contribution is 2.76. The summed E-state index contributed by atoms with van der Waals surface area (Å²) in [7, 11) is 0. The lowest BCUT2D eigenvalue weighted by molar-refractivity contribution is -0.232. The number of carboxylic acids is 1. The van der Waals surface area contributed by atoms with Crippen molar-refractivity contribution in [3.05, 3.63) is 11.6 Å². The van der Waals surface area contributed by atoms with Crippen molar-refractivity contribution in [2.45, 2.75) is 157 Å². The van der Waals surface area contributed by atoms with Crippen molar-refractivity contribution < 1.29 is 30.0 Å². The topological polar surface area (TPSA) is 107 Å². The molecule has 0 spiro atoms. The Bertz CT molecular complexity index is 1160. The van der Waals surface area contributed by atoms with E-state index in [2.05, 4.69) is 54.5 Å². The first-order valence-electron chi connectivity index (χ1n) is 17.5. The smallest absolute Gasteiger partial charge is 0.310 e. The summed E-state index contributed by atoms with van der Waals surface area (Å²) in [6.07, 6.45) is 9.16. The number of rotatable bonds is 3. The van der Waals surface area contributed by atoms with Crippen LogP contribution in [0.1, 0.15) is 126 Å². The fourth-order valence-corrected chi connectivity index (χ4v) is 12.7. The highest BCUT2D eigenvalue weighted by Gasteiger charge is 2.69. The summed E-state index contributed by atoms with van der Waals surface area (Å²) < 4.78 is 6.09. The largest absolute Gasteiger partial charge is 0.481 e. The van der Waals surface area contributed by atoms with E-state index in [0.29, 0.717) is 24.2 Å². The van der Waals surface area contributed by atoms with Crippen LogP contribution in [-0.4, -0.2) is 56.9 Å². The number of hydrogen-bond acceptors (Lipinski definition) is 5. The Balaban J connectivity index is 1.30. The van der Waals surface area contributed by atoms with Crippen LogP contribution in [0.4, 0.5) is 0 Å². The maximum atomic E-state index is 12.9. The third kappa shape index (κ3) is 4.34. The molecule has 4 saturated carbocycles. The number of aliphatic hydroxyl groups excluding tert-OH is 3. The molecule has 1 heterocycles. The van der Waals surface area contributed by atoms with Crippen LogP contribution in [0.3, 0.4) is 0 Å². The van der Waals surface area contributed by atoms with Crippen LogP contribution in [0.2, 0.25) is 0 Å². The normalized spacial score (nSPS) is 53.8. The van der Waals surface area contributed by atoms with Gasteiger partial charge in [0.05, 0.1) is 17.6 Å². The molecule has 4 N–H and O–H groups in total. The molecular formula is C37H60O6. The number of aliphatic carboxylic acids is 1. The summed E-state index contributed by atoms with van der Waals surface area (Å²) in [5.74, 6) is 1.03. The number of allylic oxidation sites excluding steroid dienone is 2. The highest BCUT2D eigenvalue weighted by atomic mass is 16.5. The van der Waals surface area contributed by atoms with Crippen LogP contribution in [0.5, 0.6) is 0 Å². The average molecular weight is 601 g/mol. The van der Waals surface area contributed by atoms with Crippen LogP contribution in [0, 0.1) is 56.2 Å². The fourth-order valence-electron chi connectivity index (χ4n) is 12.7. The van der Waals surface area contributed by atoms with E-state index in [-0.39, 0.29) is 33.0 Å². The van der Waals surface area contributed by atoms with E-state index in [1.807, 2.05) is 0 Å². The van der Waals surface area contributed by atoms with Crippen LogP contribution in [0.25, 0.3) is 0 Å². The molecule has 0 radical (unpaired) electrons. The summed E-state index contributed by atoms with van der Waals surface area (Å²) in [5.41, 5.74) is 1.45. The van der Waals surface area contributed by atoms with E-state index >= 15 is 0 Å². The molecule has 0 aromatic heterocycles. The number of aliphatic hydroxyl groups is 3. The summed E-state index contributed by atoms with van der Waals surface area (Å²) in [6.45, 7) is 19.0. The van der Waals surface area contributed by atoms with Crippen molar-refractivity contribution >= 4 is 5.97 Å². The van der Waals surface area contributed by atoms with Crippen LogP contribution < -0.4 is 0 Å². The summed E-state index contributed by atoms with van der Waals surface area (Å²) in [5, 5.41) is 42.2. The number of ether oxygens (including phenoxy) is 1. The molecule has 1 saturated heterocycles. The van der Waals surface area contributed by atoms with Gasteiger partial charge in [-0.25, -0.2) is 0 Å². The third-order valence-corrected chi connectivity index (χ3v) is 15.8. The van der Waals surface area contributed by atoms with E-state index in [4.69, 9.17) is 4.74 Å². The van der Waals surface area contributed by atoms with Gasteiger partial charge in [0, 0.05) is 0 Å². The standard InChI is InChI=1S/C37H60O6/c1-21-28(38)30(40)29(39)25(43-21)19-22-11-13-34(6)26(33(22,4)5)12-14-36(8)27(34)10-9-23-24-20-32(2,3)15-17-37(24,31(41)42)18-16-35(23,36)7/h9,21-22,24-30,38-40H,10-20H2,1-8H3,(H,41,42)/t21?,22-,24?,25-,26?,27?,28+,29?,30-,34-,35+,36+,37-/m0/s1. The van der Waals surface area contributed by atoms with Gasteiger partial charge in [-0.05, 0) is 128 Å². The Morgan fingerprint density at radius 2 is 1.53 bits per heavy atom. The quantitative estimate of drug-likeness (QED) is 0.267. The molecule has 5 unspecified atom stereocenters. The van der Waals surface area contributed by atoms with Crippen molar-refractivity contribution in [3.8, 4) is 0 Å². The van der Waals surface area contributed by atoms with E-state index in [1.54, 1.807) is 6.92 Å². The lowest BCUT2D eigenvalue weighted by atomic mass is 9.33. The Hall–Kier alpha value is -0.950. The minimum Gasteiger partial charge on any atom is -0.481 e. The Morgan fingerprint density at radius 3 is 2.21 bits per heavy atom. The molecule has 6 heteroatoms. The van der Waals surface area contributed by atoms with Crippen molar-refractivity contribution in [1.29, 1.82) is 0 Å². The van der Waals surface area contributed by atoms with Crippen molar-refractivity contribution in [3.63, 3.8) is 0 Å². The van der Waals surface area contributed by atoms with Gasteiger partial charge < -0.3 is 25.2 Å². The molecule has 0 aromatic carbocycles. The first-order valence-corrected chi connectivity index (χ1v) is 17.5. The zero-order chi connectivity index (χ0) is 31.5. The first kappa shape index (κ1) is 32.0. The predicted octanol–water partition coefficient (Wildman–Crippen LogP) is 6.75. The molecule has 1 aliphatic heterocycles. The first-order chi connectivity index (χ1) is 19.8. The minimum absolute atomic E-state index is 0.0229. The van der Waals surface area contributed by atoms with Gasteiger partial charge in [0.15, 0.2) is 0 Å². The average Bonchev–Trinajstić information content (AvgIpc) is 2.91. The molecular weight excluding hydrogens is 540 g/mol. The molecule has 6 nitrogen and oxygen atoms in total. The molecule has 0 aromatic rings. The van der Waals surface area contributed by atoms with E-state index in [9.17, 15) is 25.2 Å². The maximum Gasteiger partial charge on any atom is 0.310 e. The number of carboxylic acid groups (broad SMARTS) is 1. The van der Waals surface area contributed by atoms with Crippen LogP contribution in [-0.2, 0) is 9.53 Å². The fraction of sp³-hybridized carbons (Fsp3) is 0.919. The minimum atomic E-state index is -1.17. The van der Waals surface area contributed by atoms with Crippen molar-refractivity contribution in [2.75, 3.05) is 0 Å². The van der Waals surface area contributed by atoms with Crippen LogP contribution >= 0.6 is 0 Å². The van der Waals surface area contributed by atoms with E-state index in [1.165, 1.54) is 18.4 Å². The van der Waals surface area contributed by atoms with E-state index in [0.717, 1.165) is 51.4 Å². The zero-order valence-electron chi connectivity index (χ0n) is 28.2. The lowest BCUT2D eigenvalue weighted by Gasteiger charge is -2.71. The van der Waals surface area contributed by atoms with Gasteiger partial charge in [-0.3, -0.25) is 4.79 Å². The Kier molecular flexibility index (Phi) is 7.46. The van der Waals surface area contributed by atoms with Crippen molar-refractivity contribution in [2.24, 2.45) is 56.2 Å². The molecule has 0 amide bonds. The van der Waals surface area contributed by atoms with Gasteiger partial charge in [-0.15, -0.1) is 0 Å². The molecule has 43 heavy (non-hydrogen) atoms. The van der Waals surface area contributed by atoms with Gasteiger partial charge in [-0.2, -0.15) is 0 Å². The third-order valence-electron chi connectivity index (χ3n) is 15.8. The monoisotopic (exact) mass is 600 g/mol. The second-order valence-corrected chi connectivity index (χ2v) is 18.3. The maximum absolute atomic E-state index is 12.9. The van der Waals surface area contributed by atoms with Crippen molar-refractivity contribution in [1.82, 2.24) is 0 Å². The molecule has 6 aliphatic rings. The van der Waals surface area contributed by atoms with E-state index < -0.39 is 41.9 Å². The van der Waals surface area contributed by atoms with Gasteiger partial charge in [0.2, 0.25) is 0 Å². The number of fused-ring (bicyclic) bond motifs is 7. The lowest BCUT2D eigenvalue weighted by Crippen LogP contribution is -2.65. The Labute approximate surface area is 260 Å². The zero-order valence-corrected chi connectivity index (χ0v) is 28.2. The molecule has 5 aliphatic carbocycles. The summed E-state index contributed by atoms with van der Waals surface area (Å²) in [4.78, 5) is 12.9. The van der Waals surface area contributed by atoms with Gasteiger partial charge in [0.1, 0.15) is 18.3 Å². The number of hydrogen-bond donors (Lipinski definition) is 4. The van der Waals surface area contributed by atoms with Crippen LogP contribution in [0.15, 0.2) is 11.6 Å². The molecule has 244 valence electrons. The molecule has 13 atom stereocenters. The molecule has 6 rings (SSSR count). The van der Waals surface area contributed by atoms with Gasteiger partial charge in [0.25, 0.3) is 0 Å². The summed E-state index contributed by atoms with van der Waals surface area (Å²) >= 11 is 0. The summed E-state index contributed by atoms with van der Waals surface area (Å²) in [6, 6.07) is 0. The SMILES string of the molecule is CC1O[C@@H](C[C@@H]2CC[C@@]3(C)C(CC[C@]4(C)C3CC=C3C5CC(C)(C)CC[C@]5(C(=O)O)CC[C@]34C)C2(C)C)C(O)[C@@H](O)[C@@H]1O. The molecule has 5 fully saturated rings. The predicted molar refractivity (Wildman–Crippen MR) is 167 cm³/mol. The van der Waals surface area contributed by atoms with Gasteiger partial charge >= 0.3 is 5.97 Å². The van der Waals surface area contributed by atoms with Gasteiger partial charge in [-0.1, -0.05) is 60.1 Å².